The molecule has 16 heavy (non-hydrogen) atoms. The Labute approximate surface area is 91.4 Å². The standard InChI is InChI=1S/C11H10N2O3/c14-7-8-2-1-3-9(4-8)16-10-5-12-11(15)13-6-10/h1-6,14H,7H2,(H,12,13,15). The highest BCUT2D eigenvalue weighted by Crippen LogP contribution is 2.20. The maximum Gasteiger partial charge on any atom is 0.345 e. The van der Waals surface area contributed by atoms with Gasteiger partial charge in [0.05, 0.1) is 19.0 Å². The van der Waals surface area contributed by atoms with E-state index in [1.54, 1.807) is 24.3 Å². The third kappa shape index (κ3) is 2.46. The molecule has 0 spiro atoms. The number of hydrogen-bond donors (Lipinski definition) is 2. The van der Waals surface area contributed by atoms with Gasteiger partial charge in [0.2, 0.25) is 0 Å². The van der Waals surface area contributed by atoms with Crippen LogP contribution in [-0.4, -0.2) is 15.1 Å². The van der Waals surface area contributed by atoms with E-state index >= 15 is 0 Å². The maximum absolute atomic E-state index is 10.7. The number of ether oxygens (including phenoxy) is 1. The maximum atomic E-state index is 10.7. The number of H-pyrrole nitrogens is 1. The van der Waals surface area contributed by atoms with Crippen molar-refractivity contribution in [2.75, 3.05) is 0 Å². The van der Waals surface area contributed by atoms with Crippen molar-refractivity contribution in [2.45, 2.75) is 6.61 Å². The first-order valence-corrected chi connectivity index (χ1v) is 4.70. The first-order chi connectivity index (χ1) is 7.78. The quantitative estimate of drug-likeness (QED) is 0.807. The second-order valence-electron chi connectivity index (χ2n) is 3.16. The van der Waals surface area contributed by atoms with E-state index in [-0.39, 0.29) is 6.61 Å². The van der Waals surface area contributed by atoms with Crippen LogP contribution in [0.3, 0.4) is 0 Å². The van der Waals surface area contributed by atoms with Crippen molar-refractivity contribution < 1.29 is 9.84 Å². The Balaban J connectivity index is 2.20. The van der Waals surface area contributed by atoms with E-state index in [0.29, 0.717) is 11.5 Å². The van der Waals surface area contributed by atoms with Crippen LogP contribution < -0.4 is 10.4 Å². The molecular weight excluding hydrogens is 208 g/mol. The van der Waals surface area contributed by atoms with Gasteiger partial charge in [0, 0.05) is 0 Å². The molecule has 1 aromatic heterocycles. The van der Waals surface area contributed by atoms with E-state index in [4.69, 9.17) is 9.84 Å². The fourth-order valence-electron chi connectivity index (χ4n) is 1.23. The molecule has 1 aromatic carbocycles. The smallest absolute Gasteiger partial charge is 0.345 e. The fourth-order valence-corrected chi connectivity index (χ4v) is 1.23. The Morgan fingerprint density at radius 2 is 2.25 bits per heavy atom. The van der Waals surface area contributed by atoms with Gasteiger partial charge in [0.15, 0.2) is 5.75 Å². The molecule has 0 atom stereocenters. The largest absolute Gasteiger partial charge is 0.454 e. The molecule has 0 amide bonds. The average Bonchev–Trinajstić information content (AvgIpc) is 2.32. The van der Waals surface area contributed by atoms with Crippen molar-refractivity contribution in [3.8, 4) is 11.5 Å². The Hall–Kier alpha value is -2.14. The predicted molar refractivity (Wildman–Crippen MR) is 57.3 cm³/mol. The van der Waals surface area contributed by atoms with Crippen molar-refractivity contribution in [2.24, 2.45) is 0 Å². The van der Waals surface area contributed by atoms with Gasteiger partial charge in [-0.3, -0.25) is 0 Å². The molecule has 5 heteroatoms. The normalized spacial score (nSPS) is 10.1. The zero-order chi connectivity index (χ0) is 11.4. The number of aliphatic hydroxyl groups is 1. The van der Waals surface area contributed by atoms with Crippen LogP contribution in [0.15, 0.2) is 41.5 Å². The van der Waals surface area contributed by atoms with Crippen LogP contribution in [-0.2, 0) is 6.61 Å². The van der Waals surface area contributed by atoms with Crippen molar-refractivity contribution in [1.29, 1.82) is 0 Å². The molecule has 0 aliphatic carbocycles. The molecule has 0 radical (unpaired) electrons. The van der Waals surface area contributed by atoms with E-state index in [9.17, 15) is 4.79 Å². The summed E-state index contributed by atoms with van der Waals surface area (Å²) in [5.41, 5.74) is 0.339. The number of rotatable bonds is 3. The monoisotopic (exact) mass is 218 g/mol. The van der Waals surface area contributed by atoms with Crippen LogP contribution >= 0.6 is 0 Å². The van der Waals surface area contributed by atoms with Crippen LogP contribution in [0, 0.1) is 0 Å². The number of aromatic nitrogens is 2. The number of hydrogen-bond acceptors (Lipinski definition) is 4. The summed E-state index contributed by atoms with van der Waals surface area (Å²) in [6.07, 6.45) is 2.77. The van der Waals surface area contributed by atoms with Crippen LogP contribution in [0.4, 0.5) is 0 Å². The summed E-state index contributed by atoms with van der Waals surface area (Å²) in [6, 6.07) is 7.04. The lowest BCUT2D eigenvalue weighted by Gasteiger charge is -2.05. The molecule has 0 aliphatic rings. The van der Waals surface area contributed by atoms with E-state index in [0.717, 1.165) is 5.56 Å². The topological polar surface area (TPSA) is 75.2 Å². The Morgan fingerprint density at radius 1 is 1.38 bits per heavy atom. The molecular formula is C11H10N2O3. The highest BCUT2D eigenvalue weighted by Gasteiger charge is 1.98. The van der Waals surface area contributed by atoms with Crippen LogP contribution in [0.2, 0.25) is 0 Å². The lowest BCUT2D eigenvalue weighted by Crippen LogP contribution is -2.07. The molecule has 2 rings (SSSR count). The molecule has 0 aliphatic heterocycles. The number of aromatic amines is 1. The van der Waals surface area contributed by atoms with Crippen LogP contribution in [0.5, 0.6) is 11.5 Å². The SMILES string of the molecule is O=c1ncc(Oc2cccc(CO)c2)c[nH]1. The summed E-state index contributed by atoms with van der Waals surface area (Å²) in [4.78, 5) is 16.7. The minimum atomic E-state index is -0.420. The van der Waals surface area contributed by atoms with Gasteiger partial charge in [-0.2, -0.15) is 4.98 Å². The van der Waals surface area contributed by atoms with Gasteiger partial charge in [-0.15, -0.1) is 0 Å². The number of nitrogens with zero attached hydrogens (tertiary/aromatic N) is 1. The van der Waals surface area contributed by atoms with Gasteiger partial charge in [0.25, 0.3) is 0 Å². The van der Waals surface area contributed by atoms with Gasteiger partial charge in [-0.1, -0.05) is 12.1 Å². The molecule has 5 nitrogen and oxygen atoms in total. The first kappa shape index (κ1) is 10.4. The molecule has 0 saturated heterocycles. The summed E-state index contributed by atoms with van der Waals surface area (Å²) in [6.45, 7) is -0.0406. The van der Waals surface area contributed by atoms with Crippen LogP contribution in [0.1, 0.15) is 5.56 Å². The number of aliphatic hydroxyl groups excluding tert-OH is 1. The van der Waals surface area contributed by atoms with Crippen LogP contribution in [0.25, 0.3) is 0 Å². The summed E-state index contributed by atoms with van der Waals surface area (Å²) in [5, 5.41) is 8.95. The molecule has 0 bridgehead atoms. The zero-order valence-electron chi connectivity index (χ0n) is 8.38. The average molecular weight is 218 g/mol. The van der Waals surface area contributed by atoms with Gasteiger partial charge in [-0.25, -0.2) is 4.79 Å². The summed E-state index contributed by atoms with van der Waals surface area (Å²) >= 11 is 0. The van der Waals surface area contributed by atoms with Gasteiger partial charge >= 0.3 is 5.69 Å². The molecule has 1 heterocycles. The molecule has 2 N–H and O–H groups in total. The van der Waals surface area contributed by atoms with E-state index in [1.165, 1.54) is 12.4 Å². The second kappa shape index (κ2) is 4.59. The van der Waals surface area contributed by atoms with Crippen molar-refractivity contribution >= 4 is 0 Å². The molecule has 0 unspecified atom stereocenters. The molecule has 0 fully saturated rings. The van der Waals surface area contributed by atoms with Crippen molar-refractivity contribution in [3.05, 3.63) is 52.7 Å². The van der Waals surface area contributed by atoms with Crippen molar-refractivity contribution in [1.82, 2.24) is 9.97 Å². The number of nitrogens with one attached hydrogen (secondary N) is 1. The van der Waals surface area contributed by atoms with E-state index < -0.39 is 5.69 Å². The number of benzene rings is 1. The highest BCUT2D eigenvalue weighted by atomic mass is 16.5. The highest BCUT2D eigenvalue weighted by molar-refractivity contribution is 5.31. The molecule has 0 saturated carbocycles. The second-order valence-corrected chi connectivity index (χ2v) is 3.16. The van der Waals surface area contributed by atoms with E-state index in [1.807, 2.05) is 0 Å². The lowest BCUT2D eigenvalue weighted by molar-refractivity contribution is 0.281. The summed E-state index contributed by atoms with van der Waals surface area (Å²) in [7, 11) is 0. The Morgan fingerprint density at radius 3 is 2.94 bits per heavy atom. The lowest BCUT2D eigenvalue weighted by atomic mass is 10.2. The summed E-state index contributed by atoms with van der Waals surface area (Å²) in [5.74, 6) is 1.02. The van der Waals surface area contributed by atoms with Gasteiger partial charge < -0.3 is 14.8 Å². The molecule has 82 valence electrons. The minimum absolute atomic E-state index is 0.0406. The predicted octanol–water partition coefficient (Wildman–Crippen LogP) is 1.05. The van der Waals surface area contributed by atoms with Gasteiger partial charge in [0.1, 0.15) is 5.75 Å². The molecule has 2 aromatic rings. The minimum Gasteiger partial charge on any atom is -0.454 e. The van der Waals surface area contributed by atoms with E-state index in [2.05, 4.69) is 9.97 Å². The Kier molecular flexibility index (Phi) is 2.98. The first-order valence-electron chi connectivity index (χ1n) is 4.70. The fraction of sp³-hybridized carbons (Fsp3) is 0.0909. The van der Waals surface area contributed by atoms with Crippen molar-refractivity contribution in [3.63, 3.8) is 0 Å². The van der Waals surface area contributed by atoms with Gasteiger partial charge in [-0.05, 0) is 17.7 Å². The Bertz CT molecular complexity index is 516. The summed E-state index contributed by atoms with van der Waals surface area (Å²) < 4.78 is 5.43. The zero-order valence-corrected chi connectivity index (χ0v) is 8.38. The third-order valence-electron chi connectivity index (χ3n) is 1.96. The third-order valence-corrected chi connectivity index (χ3v) is 1.96.